The van der Waals surface area contributed by atoms with Crippen LogP contribution in [-0.4, -0.2) is 0 Å². The second kappa shape index (κ2) is 4.76. The Morgan fingerprint density at radius 2 is 2.07 bits per heavy atom. The Labute approximate surface area is 108 Å². The molecule has 0 saturated heterocycles. The first kappa shape index (κ1) is 11.3. The maximum absolute atomic E-state index is 13.6. The highest BCUT2D eigenvalue weighted by molar-refractivity contribution is 9.10. The van der Waals surface area contributed by atoms with Crippen molar-refractivity contribution in [2.24, 2.45) is 0 Å². The van der Waals surface area contributed by atoms with Gasteiger partial charge in [0.2, 0.25) is 0 Å². The second-order valence-electron chi connectivity index (χ2n) is 3.04. The number of halogens is 3. The molecule has 2 rings (SSSR count). The van der Waals surface area contributed by atoms with Crippen molar-refractivity contribution in [2.75, 3.05) is 0 Å². The normalized spacial score (nSPS) is 12.7. The Balaban J connectivity index is 2.38. The molecule has 1 unspecified atom stereocenters. The lowest BCUT2D eigenvalue weighted by Gasteiger charge is -2.09. The van der Waals surface area contributed by atoms with Gasteiger partial charge in [-0.05, 0) is 23.6 Å². The van der Waals surface area contributed by atoms with Crippen molar-refractivity contribution in [1.82, 2.24) is 0 Å². The third kappa shape index (κ3) is 2.49. The van der Waals surface area contributed by atoms with Crippen LogP contribution in [0.4, 0.5) is 4.39 Å². The van der Waals surface area contributed by atoms with Crippen LogP contribution in [0.15, 0.2) is 40.2 Å². The number of hydrogen-bond acceptors (Lipinski definition) is 1. The molecule has 1 aromatic heterocycles. The Hall–Kier alpha value is -0.190. The average Bonchev–Trinajstić information content (AvgIpc) is 2.69. The van der Waals surface area contributed by atoms with E-state index in [0.29, 0.717) is 5.56 Å². The Bertz CT molecular complexity index is 454. The highest BCUT2D eigenvalue weighted by Gasteiger charge is 2.15. The first-order chi connectivity index (χ1) is 7.18. The summed E-state index contributed by atoms with van der Waals surface area (Å²) >= 11 is 8.36. The van der Waals surface area contributed by atoms with Crippen LogP contribution in [0.5, 0.6) is 0 Å². The molecule has 1 atom stereocenters. The van der Waals surface area contributed by atoms with E-state index in [1.807, 2.05) is 23.6 Å². The third-order valence-corrected chi connectivity index (χ3v) is 4.75. The summed E-state index contributed by atoms with van der Waals surface area (Å²) in [5.74, 6) is -0.195. The van der Waals surface area contributed by atoms with E-state index >= 15 is 0 Å². The predicted molar refractivity (Wildman–Crippen MR) is 69.2 cm³/mol. The van der Waals surface area contributed by atoms with E-state index in [4.69, 9.17) is 0 Å². The molecule has 2 aromatic rings. The molecule has 0 aliphatic carbocycles. The van der Waals surface area contributed by atoms with Crippen LogP contribution in [0.3, 0.4) is 0 Å². The first-order valence-corrected chi connectivity index (χ1v) is 6.90. The standard InChI is InChI=1S/C11H7Br2FS/c12-7-3-4-8(9(14)6-7)11(13)10-2-1-5-15-10/h1-6,11H. The Morgan fingerprint density at radius 3 is 2.67 bits per heavy atom. The monoisotopic (exact) mass is 348 g/mol. The van der Waals surface area contributed by atoms with Crippen LogP contribution < -0.4 is 0 Å². The van der Waals surface area contributed by atoms with Gasteiger partial charge in [-0.3, -0.25) is 0 Å². The molecular formula is C11H7Br2FS. The van der Waals surface area contributed by atoms with Crippen LogP contribution in [0.2, 0.25) is 0 Å². The lowest BCUT2D eigenvalue weighted by atomic mass is 10.1. The van der Waals surface area contributed by atoms with Crippen LogP contribution in [0.25, 0.3) is 0 Å². The molecule has 0 spiro atoms. The van der Waals surface area contributed by atoms with Gasteiger partial charge in [0.15, 0.2) is 0 Å². The summed E-state index contributed by atoms with van der Waals surface area (Å²) in [5, 5.41) is 1.99. The van der Waals surface area contributed by atoms with Gasteiger partial charge in [0, 0.05) is 14.9 Å². The largest absolute Gasteiger partial charge is 0.207 e. The van der Waals surface area contributed by atoms with Crippen LogP contribution in [0, 0.1) is 5.82 Å². The van der Waals surface area contributed by atoms with Crippen molar-refractivity contribution in [3.63, 3.8) is 0 Å². The van der Waals surface area contributed by atoms with Crippen LogP contribution in [-0.2, 0) is 0 Å². The van der Waals surface area contributed by atoms with E-state index in [0.717, 1.165) is 9.35 Å². The molecular weight excluding hydrogens is 343 g/mol. The summed E-state index contributed by atoms with van der Waals surface area (Å²) in [6.45, 7) is 0. The lowest BCUT2D eigenvalue weighted by molar-refractivity contribution is 0.613. The van der Waals surface area contributed by atoms with E-state index in [1.165, 1.54) is 6.07 Å². The summed E-state index contributed by atoms with van der Waals surface area (Å²) in [4.78, 5) is 1.04. The number of hydrogen-bond donors (Lipinski definition) is 0. The van der Waals surface area contributed by atoms with E-state index in [2.05, 4.69) is 31.9 Å². The molecule has 0 bridgehead atoms. The zero-order valence-electron chi connectivity index (χ0n) is 7.58. The van der Waals surface area contributed by atoms with Crippen molar-refractivity contribution < 1.29 is 4.39 Å². The van der Waals surface area contributed by atoms with Gasteiger partial charge in [0.25, 0.3) is 0 Å². The fraction of sp³-hybridized carbons (Fsp3) is 0.0909. The molecule has 0 amide bonds. The minimum Gasteiger partial charge on any atom is -0.207 e. The van der Waals surface area contributed by atoms with Crippen molar-refractivity contribution in [3.05, 3.63) is 56.4 Å². The summed E-state index contributed by atoms with van der Waals surface area (Å²) in [5.41, 5.74) is 0.667. The molecule has 0 radical (unpaired) electrons. The topological polar surface area (TPSA) is 0 Å². The van der Waals surface area contributed by atoms with Gasteiger partial charge in [-0.2, -0.15) is 0 Å². The van der Waals surface area contributed by atoms with Crippen molar-refractivity contribution in [3.8, 4) is 0 Å². The minimum atomic E-state index is -0.195. The maximum atomic E-state index is 13.6. The maximum Gasteiger partial charge on any atom is 0.129 e. The molecule has 1 heterocycles. The van der Waals surface area contributed by atoms with Crippen LogP contribution >= 0.6 is 43.2 Å². The van der Waals surface area contributed by atoms with Gasteiger partial charge in [-0.1, -0.05) is 44.0 Å². The van der Waals surface area contributed by atoms with Crippen molar-refractivity contribution in [2.45, 2.75) is 4.83 Å². The molecule has 1 aromatic carbocycles. The number of alkyl halides is 1. The zero-order valence-corrected chi connectivity index (χ0v) is 11.6. The highest BCUT2D eigenvalue weighted by Crippen LogP contribution is 2.35. The SMILES string of the molecule is Fc1cc(Br)ccc1C(Br)c1cccs1. The minimum absolute atomic E-state index is 0.0643. The van der Waals surface area contributed by atoms with Gasteiger partial charge < -0.3 is 0 Å². The van der Waals surface area contributed by atoms with E-state index in [1.54, 1.807) is 17.4 Å². The van der Waals surface area contributed by atoms with Crippen LogP contribution in [0.1, 0.15) is 15.3 Å². The molecule has 78 valence electrons. The third-order valence-electron chi connectivity index (χ3n) is 2.03. The molecule has 0 aliphatic rings. The van der Waals surface area contributed by atoms with Gasteiger partial charge >= 0.3 is 0 Å². The Morgan fingerprint density at radius 1 is 1.27 bits per heavy atom. The Kier molecular flexibility index (Phi) is 3.59. The average molecular weight is 350 g/mol. The predicted octanol–water partition coefficient (Wildman–Crippen LogP) is 5.13. The molecule has 15 heavy (non-hydrogen) atoms. The smallest absolute Gasteiger partial charge is 0.129 e. The van der Waals surface area contributed by atoms with Gasteiger partial charge in [0.1, 0.15) is 5.82 Å². The summed E-state index contributed by atoms with van der Waals surface area (Å²) in [6.07, 6.45) is 0. The number of thiophene rings is 1. The van der Waals surface area contributed by atoms with E-state index in [9.17, 15) is 4.39 Å². The van der Waals surface area contributed by atoms with Gasteiger partial charge in [-0.25, -0.2) is 4.39 Å². The van der Waals surface area contributed by atoms with Crippen molar-refractivity contribution >= 4 is 43.2 Å². The fourth-order valence-electron chi connectivity index (χ4n) is 1.30. The van der Waals surface area contributed by atoms with E-state index < -0.39 is 0 Å². The molecule has 0 saturated carbocycles. The lowest BCUT2D eigenvalue weighted by Crippen LogP contribution is -1.93. The highest BCUT2D eigenvalue weighted by atomic mass is 79.9. The molecule has 0 aliphatic heterocycles. The first-order valence-electron chi connectivity index (χ1n) is 4.31. The summed E-state index contributed by atoms with van der Waals surface area (Å²) < 4.78 is 14.4. The quantitative estimate of drug-likeness (QED) is 0.659. The fourth-order valence-corrected chi connectivity index (χ4v) is 3.19. The second-order valence-corrected chi connectivity index (χ2v) is 5.85. The van der Waals surface area contributed by atoms with E-state index in [-0.39, 0.29) is 10.6 Å². The van der Waals surface area contributed by atoms with Gasteiger partial charge in [0.05, 0.1) is 4.83 Å². The summed E-state index contributed by atoms with van der Waals surface area (Å²) in [6, 6.07) is 9.08. The van der Waals surface area contributed by atoms with Crippen molar-refractivity contribution in [1.29, 1.82) is 0 Å². The number of benzene rings is 1. The molecule has 0 nitrogen and oxygen atoms in total. The molecule has 0 fully saturated rings. The summed E-state index contributed by atoms with van der Waals surface area (Å²) in [7, 11) is 0. The number of rotatable bonds is 2. The molecule has 4 heteroatoms. The molecule has 0 N–H and O–H groups in total. The van der Waals surface area contributed by atoms with Gasteiger partial charge in [-0.15, -0.1) is 11.3 Å². The zero-order chi connectivity index (χ0) is 10.8.